The van der Waals surface area contributed by atoms with E-state index in [-0.39, 0.29) is 0 Å². The Morgan fingerprint density at radius 3 is 2.86 bits per heavy atom. The molecule has 21 heavy (non-hydrogen) atoms. The second kappa shape index (κ2) is 6.56. The molecule has 1 N–H and O–H groups in total. The number of benzene rings is 1. The molecule has 2 aromatic heterocycles. The van der Waals surface area contributed by atoms with E-state index in [9.17, 15) is 0 Å². The smallest absolute Gasteiger partial charge is 0.208 e. The SMILES string of the molecule is Clc1ccc(-c2cnc(CNCCn3cccn3)o2)cc1. The van der Waals surface area contributed by atoms with Gasteiger partial charge in [-0.05, 0) is 30.3 Å². The normalized spacial score (nSPS) is 10.9. The number of nitrogens with one attached hydrogen (secondary N) is 1. The first kappa shape index (κ1) is 13.9. The van der Waals surface area contributed by atoms with Crippen molar-refractivity contribution >= 4 is 11.6 Å². The first-order valence-electron chi connectivity index (χ1n) is 6.70. The lowest BCUT2D eigenvalue weighted by Gasteiger charge is -2.02. The molecular formula is C15H15ClN4O. The molecule has 2 heterocycles. The predicted molar refractivity (Wildman–Crippen MR) is 80.9 cm³/mol. The molecule has 5 nitrogen and oxygen atoms in total. The van der Waals surface area contributed by atoms with Gasteiger partial charge in [0.15, 0.2) is 5.76 Å². The van der Waals surface area contributed by atoms with E-state index in [0.29, 0.717) is 17.5 Å². The third-order valence-electron chi connectivity index (χ3n) is 3.04. The zero-order valence-corrected chi connectivity index (χ0v) is 12.1. The third-order valence-corrected chi connectivity index (χ3v) is 3.29. The molecule has 0 radical (unpaired) electrons. The molecule has 6 heteroatoms. The first-order chi connectivity index (χ1) is 10.3. The van der Waals surface area contributed by atoms with Crippen LogP contribution in [0.15, 0.2) is 53.3 Å². The highest BCUT2D eigenvalue weighted by Crippen LogP contribution is 2.22. The Hall–Kier alpha value is -2.11. The highest BCUT2D eigenvalue weighted by Gasteiger charge is 2.06. The summed E-state index contributed by atoms with van der Waals surface area (Å²) in [4.78, 5) is 4.26. The van der Waals surface area contributed by atoms with Gasteiger partial charge in [0.05, 0.1) is 19.3 Å². The quantitative estimate of drug-likeness (QED) is 0.711. The molecule has 108 valence electrons. The van der Waals surface area contributed by atoms with Gasteiger partial charge < -0.3 is 9.73 Å². The van der Waals surface area contributed by atoms with E-state index in [0.717, 1.165) is 24.4 Å². The summed E-state index contributed by atoms with van der Waals surface area (Å²) in [6.45, 7) is 2.22. The Kier molecular flexibility index (Phi) is 4.33. The van der Waals surface area contributed by atoms with Gasteiger partial charge in [-0.3, -0.25) is 4.68 Å². The van der Waals surface area contributed by atoms with Crippen LogP contribution in [0.25, 0.3) is 11.3 Å². The van der Waals surface area contributed by atoms with Gasteiger partial charge in [-0.2, -0.15) is 5.10 Å². The number of hydrogen-bond acceptors (Lipinski definition) is 4. The topological polar surface area (TPSA) is 55.9 Å². The van der Waals surface area contributed by atoms with Gasteiger partial charge in [0, 0.05) is 29.5 Å². The predicted octanol–water partition coefficient (Wildman–Crippen LogP) is 2.98. The van der Waals surface area contributed by atoms with Crippen molar-refractivity contribution in [3.63, 3.8) is 0 Å². The second-order valence-electron chi connectivity index (χ2n) is 4.57. The van der Waals surface area contributed by atoms with Crippen LogP contribution in [0, 0.1) is 0 Å². The Labute approximate surface area is 127 Å². The van der Waals surface area contributed by atoms with E-state index >= 15 is 0 Å². The summed E-state index contributed by atoms with van der Waals surface area (Å²) in [5.41, 5.74) is 0.967. The minimum Gasteiger partial charge on any atom is -0.439 e. The fraction of sp³-hybridized carbons (Fsp3) is 0.200. The Morgan fingerprint density at radius 1 is 1.24 bits per heavy atom. The number of halogens is 1. The van der Waals surface area contributed by atoms with E-state index < -0.39 is 0 Å². The van der Waals surface area contributed by atoms with Crippen LogP contribution in [-0.4, -0.2) is 21.3 Å². The summed E-state index contributed by atoms with van der Waals surface area (Å²) in [6, 6.07) is 9.41. The summed E-state index contributed by atoms with van der Waals surface area (Å²) >= 11 is 5.87. The van der Waals surface area contributed by atoms with Gasteiger partial charge in [0.1, 0.15) is 0 Å². The van der Waals surface area contributed by atoms with Gasteiger partial charge in [-0.1, -0.05) is 11.6 Å². The number of hydrogen-bond donors (Lipinski definition) is 1. The van der Waals surface area contributed by atoms with Crippen molar-refractivity contribution in [2.75, 3.05) is 6.54 Å². The van der Waals surface area contributed by atoms with Crippen LogP contribution in [-0.2, 0) is 13.1 Å². The minimum atomic E-state index is 0.592. The van der Waals surface area contributed by atoms with Crippen LogP contribution in [0.2, 0.25) is 5.02 Å². The van der Waals surface area contributed by atoms with Crippen molar-refractivity contribution in [3.05, 3.63) is 59.8 Å². The van der Waals surface area contributed by atoms with Crippen molar-refractivity contribution in [2.45, 2.75) is 13.1 Å². The van der Waals surface area contributed by atoms with Crippen LogP contribution in [0.3, 0.4) is 0 Å². The molecule has 3 aromatic rings. The monoisotopic (exact) mass is 302 g/mol. The molecule has 0 saturated heterocycles. The largest absolute Gasteiger partial charge is 0.439 e. The summed E-state index contributed by atoms with van der Waals surface area (Å²) in [5, 5.41) is 8.12. The lowest BCUT2D eigenvalue weighted by atomic mass is 10.2. The van der Waals surface area contributed by atoms with E-state index in [4.69, 9.17) is 16.0 Å². The summed E-state index contributed by atoms with van der Waals surface area (Å²) in [6.07, 6.45) is 5.44. The molecule has 0 unspecified atom stereocenters. The van der Waals surface area contributed by atoms with Crippen molar-refractivity contribution in [2.24, 2.45) is 0 Å². The van der Waals surface area contributed by atoms with Crippen LogP contribution in [0.4, 0.5) is 0 Å². The van der Waals surface area contributed by atoms with E-state index in [1.165, 1.54) is 0 Å². The number of rotatable bonds is 6. The summed E-state index contributed by atoms with van der Waals surface area (Å²) < 4.78 is 7.58. The maximum atomic E-state index is 5.87. The molecule has 0 aliphatic rings. The molecule has 3 rings (SSSR count). The maximum absolute atomic E-state index is 5.87. The number of aromatic nitrogens is 3. The number of nitrogens with zero attached hydrogens (tertiary/aromatic N) is 3. The molecule has 0 amide bonds. The molecular weight excluding hydrogens is 288 g/mol. The average Bonchev–Trinajstić information content (AvgIpc) is 3.16. The van der Waals surface area contributed by atoms with Crippen LogP contribution in [0.5, 0.6) is 0 Å². The summed E-state index contributed by atoms with van der Waals surface area (Å²) in [7, 11) is 0. The molecule has 0 aliphatic carbocycles. The zero-order chi connectivity index (χ0) is 14.5. The third kappa shape index (κ3) is 3.71. The van der Waals surface area contributed by atoms with Gasteiger partial charge in [0.25, 0.3) is 0 Å². The Balaban J connectivity index is 1.52. The molecule has 0 saturated carbocycles. The van der Waals surface area contributed by atoms with Gasteiger partial charge in [-0.15, -0.1) is 0 Å². The molecule has 0 atom stereocenters. The second-order valence-corrected chi connectivity index (χ2v) is 5.01. The van der Waals surface area contributed by atoms with E-state index in [2.05, 4.69) is 15.4 Å². The van der Waals surface area contributed by atoms with Crippen molar-refractivity contribution in [3.8, 4) is 11.3 Å². The standard InChI is InChI=1S/C15H15ClN4O/c16-13-4-2-12(3-5-13)14-10-18-15(21-14)11-17-7-9-20-8-1-6-19-20/h1-6,8,10,17H,7,9,11H2. The van der Waals surface area contributed by atoms with Crippen molar-refractivity contribution < 1.29 is 4.42 Å². The van der Waals surface area contributed by atoms with E-state index in [1.54, 1.807) is 12.4 Å². The molecule has 0 spiro atoms. The zero-order valence-electron chi connectivity index (χ0n) is 11.4. The fourth-order valence-corrected chi connectivity index (χ4v) is 2.09. The highest BCUT2D eigenvalue weighted by molar-refractivity contribution is 6.30. The molecule has 1 aromatic carbocycles. The average molecular weight is 303 g/mol. The Morgan fingerprint density at radius 2 is 2.10 bits per heavy atom. The van der Waals surface area contributed by atoms with Crippen LogP contribution < -0.4 is 5.32 Å². The van der Waals surface area contributed by atoms with Crippen molar-refractivity contribution in [1.82, 2.24) is 20.1 Å². The van der Waals surface area contributed by atoms with Crippen LogP contribution >= 0.6 is 11.6 Å². The molecule has 0 aliphatic heterocycles. The van der Waals surface area contributed by atoms with E-state index in [1.807, 2.05) is 41.2 Å². The van der Waals surface area contributed by atoms with Gasteiger partial charge in [-0.25, -0.2) is 4.98 Å². The fourth-order valence-electron chi connectivity index (χ4n) is 1.96. The lowest BCUT2D eigenvalue weighted by Crippen LogP contribution is -2.19. The van der Waals surface area contributed by atoms with Gasteiger partial charge >= 0.3 is 0 Å². The molecule has 0 fully saturated rings. The number of oxazole rings is 1. The Bertz CT molecular complexity index is 676. The first-order valence-corrected chi connectivity index (χ1v) is 7.08. The van der Waals surface area contributed by atoms with Crippen molar-refractivity contribution in [1.29, 1.82) is 0 Å². The highest BCUT2D eigenvalue weighted by atomic mass is 35.5. The summed E-state index contributed by atoms with van der Waals surface area (Å²) in [5.74, 6) is 1.41. The minimum absolute atomic E-state index is 0.592. The lowest BCUT2D eigenvalue weighted by molar-refractivity contribution is 0.464. The molecule has 0 bridgehead atoms. The van der Waals surface area contributed by atoms with Gasteiger partial charge in [0.2, 0.25) is 5.89 Å². The maximum Gasteiger partial charge on any atom is 0.208 e. The van der Waals surface area contributed by atoms with Crippen LogP contribution in [0.1, 0.15) is 5.89 Å².